The van der Waals surface area contributed by atoms with Crippen molar-refractivity contribution >= 4 is 12.0 Å². The zero-order valence-corrected chi connectivity index (χ0v) is 11.9. The third-order valence-corrected chi connectivity index (χ3v) is 2.84. The molecule has 0 heterocycles. The van der Waals surface area contributed by atoms with Crippen molar-refractivity contribution in [2.75, 3.05) is 33.4 Å². The highest BCUT2D eigenvalue weighted by Gasteiger charge is 2.09. The number of aryl methyl sites for hydroxylation is 1. The molecule has 0 saturated heterocycles. The van der Waals surface area contributed by atoms with Gasteiger partial charge in [-0.15, -0.1) is 0 Å². The van der Waals surface area contributed by atoms with Crippen molar-refractivity contribution in [1.82, 2.24) is 4.90 Å². The summed E-state index contributed by atoms with van der Waals surface area (Å²) in [6.07, 6.45) is 3.10. The standard InChI is InChI=1S/C15H21NO4/c1-12-3-5-14(20-2)13(11-12)4-6-15(19)16(7-9-17)8-10-18/h3-6,11,17-18H,7-10H2,1-2H3/b6-4+. The smallest absolute Gasteiger partial charge is 0.246 e. The zero-order chi connectivity index (χ0) is 15.0. The summed E-state index contributed by atoms with van der Waals surface area (Å²) in [5, 5.41) is 17.8. The summed E-state index contributed by atoms with van der Waals surface area (Å²) in [4.78, 5) is 13.3. The molecular formula is C15H21NO4. The van der Waals surface area contributed by atoms with E-state index in [4.69, 9.17) is 14.9 Å². The van der Waals surface area contributed by atoms with Crippen LogP contribution < -0.4 is 4.74 Å². The van der Waals surface area contributed by atoms with Gasteiger partial charge in [0.05, 0.1) is 20.3 Å². The fourth-order valence-electron chi connectivity index (χ4n) is 1.82. The fourth-order valence-corrected chi connectivity index (χ4v) is 1.82. The van der Waals surface area contributed by atoms with Gasteiger partial charge in [-0.3, -0.25) is 4.79 Å². The normalized spacial score (nSPS) is 10.8. The van der Waals surface area contributed by atoms with Crippen LogP contribution in [0.25, 0.3) is 6.08 Å². The fraction of sp³-hybridized carbons (Fsp3) is 0.400. The lowest BCUT2D eigenvalue weighted by Gasteiger charge is -2.18. The number of ether oxygens (including phenoxy) is 1. The van der Waals surface area contributed by atoms with Gasteiger partial charge in [-0.25, -0.2) is 0 Å². The van der Waals surface area contributed by atoms with Crippen LogP contribution >= 0.6 is 0 Å². The SMILES string of the molecule is COc1ccc(C)cc1/C=C/C(=O)N(CCO)CCO. The Kier molecular flexibility index (Phi) is 6.76. The molecule has 1 aromatic carbocycles. The van der Waals surface area contributed by atoms with E-state index in [2.05, 4.69) is 0 Å². The van der Waals surface area contributed by atoms with E-state index in [0.29, 0.717) is 5.75 Å². The molecule has 0 aliphatic carbocycles. The van der Waals surface area contributed by atoms with Gasteiger partial charge in [0.15, 0.2) is 0 Å². The zero-order valence-electron chi connectivity index (χ0n) is 11.9. The van der Waals surface area contributed by atoms with Crippen molar-refractivity contribution in [1.29, 1.82) is 0 Å². The Labute approximate surface area is 119 Å². The number of hydrogen-bond acceptors (Lipinski definition) is 4. The first-order chi connectivity index (χ1) is 9.62. The topological polar surface area (TPSA) is 70.0 Å². The van der Waals surface area contributed by atoms with E-state index < -0.39 is 0 Å². The second-order valence-corrected chi connectivity index (χ2v) is 4.35. The first kappa shape index (κ1) is 16.2. The highest BCUT2D eigenvalue weighted by Crippen LogP contribution is 2.21. The quantitative estimate of drug-likeness (QED) is 0.725. The molecular weight excluding hydrogens is 258 g/mol. The van der Waals surface area contributed by atoms with Crippen LogP contribution in [0.3, 0.4) is 0 Å². The van der Waals surface area contributed by atoms with Crippen LogP contribution in [-0.2, 0) is 4.79 Å². The molecule has 0 unspecified atom stereocenters. The van der Waals surface area contributed by atoms with Crippen molar-refractivity contribution in [2.24, 2.45) is 0 Å². The van der Waals surface area contributed by atoms with Crippen LogP contribution in [-0.4, -0.2) is 54.4 Å². The van der Waals surface area contributed by atoms with Crippen LogP contribution in [0.1, 0.15) is 11.1 Å². The Balaban J connectivity index is 2.85. The Hall–Kier alpha value is -1.85. The number of nitrogens with zero attached hydrogens (tertiary/aromatic N) is 1. The number of carbonyl (C=O) groups excluding carboxylic acids is 1. The minimum Gasteiger partial charge on any atom is -0.496 e. The van der Waals surface area contributed by atoms with Gasteiger partial charge in [0, 0.05) is 24.7 Å². The van der Waals surface area contributed by atoms with Crippen LogP contribution in [0, 0.1) is 6.92 Å². The second kappa shape index (κ2) is 8.35. The molecule has 2 N–H and O–H groups in total. The van der Waals surface area contributed by atoms with E-state index >= 15 is 0 Å². The van der Waals surface area contributed by atoms with Gasteiger partial charge in [-0.05, 0) is 25.1 Å². The first-order valence-electron chi connectivity index (χ1n) is 6.45. The Morgan fingerprint density at radius 2 is 1.95 bits per heavy atom. The van der Waals surface area contributed by atoms with Crippen molar-refractivity contribution in [3.05, 3.63) is 35.4 Å². The third kappa shape index (κ3) is 4.68. The maximum atomic E-state index is 12.0. The molecule has 0 aromatic heterocycles. The maximum Gasteiger partial charge on any atom is 0.246 e. The Morgan fingerprint density at radius 3 is 2.50 bits per heavy atom. The number of amides is 1. The van der Waals surface area contributed by atoms with E-state index in [1.165, 1.54) is 11.0 Å². The molecule has 0 atom stereocenters. The van der Waals surface area contributed by atoms with E-state index in [1.54, 1.807) is 13.2 Å². The molecule has 5 heteroatoms. The van der Waals surface area contributed by atoms with Gasteiger partial charge in [0.2, 0.25) is 5.91 Å². The lowest BCUT2D eigenvalue weighted by molar-refractivity contribution is -0.126. The predicted octanol–water partition coefficient (Wildman–Crippen LogP) is 0.830. The third-order valence-electron chi connectivity index (χ3n) is 2.84. The summed E-state index contributed by atoms with van der Waals surface area (Å²) in [5.74, 6) is 0.437. The molecule has 0 aliphatic heterocycles. The second-order valence-electron chi connectivity index (χ2n) is 4.35. The van der Waals surface area contributed by atoms with Gasteiger partial charge < -0.3 is 19.8 Å². The van der Waals surface area contributed by atoms with Crippen molar-refractivity contribution < 1.29 is 19.7 Å². The molecule has 0 saturated carbocycles. The minimum absolute atomic E-state index is 0.132. The van der Waals surface area contributed by atoms with Gasteiger partial charge >= 0.3 is 0 Å². The van der Waals surface area contributed by atoms with Crippen LogP contribution in [0.2, 0.25) is 0 Å². The van der Waals surface area contributed by atoms with Crippen LogP contribution in [0.15, 0.2) is 24.3 Å². The summed E-state index contributed by atoms with van der Waals surface area (Å²) in [5.41, 5.74) is 1.88. The number of hydrogen-bond donors (Lipinski definition) is 2. The van der Waals surface area contributed by atoms with Gasteiger partial charge in [-0.1, -0.05) is 11.6 Å². The Morgan fingerprint density at radius 1 is 1.30 bits per heavy atom. The van der Waals surface area contributed by atoms with E-state index in [-0.39, 0.29) is 32.2 Å². The molecule has 0 fully saturated rings. The molecule has 1 aromatic rings. The van der Waals surface area contributed by atoms with E-state index in [1.807, 2.05) is 25.1 Å². The van der Waals surface area contributed by atoms with Crippen LogP contribution in [0.4, 0.5) is 0 Å². The molecule has 20 heavy (non-hydrogen) atoms. The molecule has 1 rings (SSSR count). The van der Waals surface area contributed by atoms with E-state index in [9.17, 15) is 4.79 Å². The van der Waals surface area contributed by atoms with E-state index in [0.717, 1.165) is 11.1 Å². The first-order valence-corrected chi connectivity index (χ1v) is 6.45. The maximum absolute atomic E-state index is 12.0. The highest BCUT2D eigenvalue weighted by atomic mass is 16.5. The largest absolute Gasteiger partial charge is 0.496 e. The van der Waals surface area contributed by atoms with Crippen molar-refractivity contribution in [2.45, 2.75) is 6.92 Å². The van der Waals surface area contributed by atoms with Gasteiger partial charge in [0.25, 0.3) is 0 Å². The van der Waals surface area contributed by atoms with Crippen LogP contribution in [0.5, 0.6) is 5.75 Å². The molecule has 0 radical (unpaired) electrons. The number of methoxy groups -OCH3 is 1. The molecule has 1 amide bonds. The van der Waals surface area contributed by atoms with Crippen molar-refractivity contribution in [3.63, 3.8) is 0 Å². The lowest BCUT2D eigenvalue weighted by Crippen LogP contribution is -2.34. The van der Waals surface area contributed by atoms with Crippen molar-refractivity contribution in [3.8, 4) is 5.75 Å². The Bertz CT molecular complexity index is 465. The highest BCUT2D eigenvalue weighted by molar-refractivity contribution is 5.92. The average molecular weight is 279 g/mol. The summed E-state index contributed by atoms with van der Waals surface area (Å²) in [6, 6.07) is 5.70. The summed E-state index contributed by atoms with van der Waals surface area (Å²) < 4.78 is 5.23. The number of carbonyl (C=O) groups is 1. The monoisotopic (exact) mass is 279 g/mol. The molecule has 110 valence electrons. The number of aliphatic hydroxyl groups excluding tert-OH is 2. The lowest BCUT2D eigenvalue weighted by atomic mass is 10.1. The molecule has 5 nitrogen and oxygen atoms in total. The summed E-state index contributed by atoms with van der Waals surface area (Å²) in [6.45, 7) is 2.10. The summed E-state index contributed by atoms with van der Waals surface area (Å²) in [7, 11) is 1.58. The summed E-state index contributed by atoms with van der Waals surface area (Å²) >= 11 is 0. The number of benzene rings is 1. The number of rotatable bonds is 7. The number of aliphatic hydroxyl groups is 2. The molecule has 0 bridgehead atoms. The predicted molar refractivity (Wildman–Crippen MR) is 77.5 cm³/mol. The molecule has 0 spiro atoms. The molecule has 0 aliphatic rings. The van der Waals surface area contributed by atoms with Gasteiger partial charge in [-0.2, -0.15) is 0 Å². The average Bonchev–Trinajstić information content (AvgIpc) is 2.44. The van der Waals surface area contributed by atoms with Gasteiger partial charge in [0.1, 0.15) is 5.75 Å². The minimum atomic E-state index is -0.253.